The van der Waals surface area contributed by atoms with E-state index in [-0.39, 0.29) is 5.91 Å². The van der Waals surface area contributed by atoms with Gasteiger partial charge in [0.05, 0.1) is 11.3 Å². The Hall–Kier alpha value is -1.49. The zero-order chi connectivity index (χ0) is 19.3. The molecule has 0 atom stereocenters. The minimum atomic E-state index is 0.152. The Morgan fingerprint density at radius 1 is 0.964 bits per heavy atom. The predicted molar refractivity (Wildman–Crippen MR) is 112 cm³/mol. The molecule has 0 spiro atoms. The highest BCUT2D eigenvalue weighted by atomic mass is 16.2. The SMILES string of the molecule is Cc1ncc(C(=O)N2CCCCC2)c(C2CCN(CC3CCCCC3)CC2)n1. The van der Waals surface area contributed by atoms with E-state index in [1.54, 1.807) is 6.20 Å². The molecule has 28 heavy (non-hydrogen) atoms. The van der Waals surface area contributed by atoms with Gasteiger partial charge < -0.3 is 9.80 Å². The van der Waals surface area contributed by atoms with Crippen LogP contribution in [0, 0.1) is 12.8 Å². The number of amides is 1. The summed E-state index contributed by atoms with van der Waals surface area (Å²) in [5, 5.41) is 0. The maximum atomic E-state index is 13.1. The Labute approximate surface area is 169 Å². The van der Waals surface area contributed by atoms with E-state index in [1.807, 2.05) is 11.8 Å². The summed E-state index contributed by atoms with van der Waals surface area (Å²) in [7, 11) is 0. The monoisotopic (exact) mass is 384 g/mol. The van der Waals surface area contributed by atoms with Crippen molar-refractivity contribution in [3.63, 3.8) is 0 Å². The largest absolute Gasteiger partial charge is 0.339 e. The summed E-state index contributed by atoms with van der Waals surface area (Å²) >= 11 is 0. The van der Waals surface area contributed by atoms with Gasteiger partial charge in [-0.25, -0.2) is 9.97 Å². The topological polar surface area (TPSA) is 49.3 Å². The normalized spacial score (nSPS) is 23.1. The minimum Gasteiger partial charge on any atom is -0.339 e. The lowest BCUT2D eigenvalue weighted by Gasteiger charge is -2.36. The molecule has 2 saturated heterocycles. The molecule has 0 bridgehead atoms. The van der Waals surface area contributed by atoms with Crippen LogP contribution in [0.15, 0.2) is 6.20 Å². The summed E-state index contributed by atoms with van der Waals surface area (Å²) in [6, 6.07) is 0. The van der Waals surface area contributed by atoms with Crippen LogP contribution in [0.5, 0.6) is 0 Å². The summed E-state index contributed by atoms with van der Waals surface area (Å²) in [5.74, 6) is 2.24. The van der Waals surface area contributed by atoms with Gasteiger partial charge in [0, 0.05) is 31.7 Å². The lowest BCUT2D eigenvalue weighted by molar-refractivity contribution is 0.0720. The van der Waals surface area contributed by atoms with Crippen molar-refractivity contribution in [2.24, 2.45) is 5.92 Å². The van der Waals surface area contributed by atoms with E-state index in [9.17, 15) is 4.79 Å². The zero-order valence-electron chi connectivity index (χ0n) is 17.5. The molecule has 1 aromatic rings. The van der Waals surface area contributed by atoms with Gasteiger partial charge in [0.25, 0.3) is 5.91 Å². The van der Waals surface area contributed by atoms with Crippen LogP contribution in [0.4, 0.5) is 0 Å². The van der Waals surface area contributed by atoms with E-state index in [2.05, 4.69) is 9.88 Å². The molecule has 5 nitrogen and oxygen atoms in total. The number of piperidine rings is 2. The highest BCUT2D eigenvalue weighted by Gasteiger charge is 2.29. The highest BCUT2D eigenvalue weighted by Crippen LogP contribution is 2.32. The molecule has 1 amide bonds. The van der Waals surface area contributed by atoms with E-state index in [0.29, 0.717) is 5.92 Å². The van der Waals surface area contributed by atoms with E-state index in [4.69, 9.17) is 4.98 Å². The number of nitrogens with zero attached hydrogens (tertiary/aromatic N) is 4. The molecule has 4 rings (SSSR count). The maximum Gasteiger partial charge on any atom is 0.257 e. The second kappa shape index (κ2) is 9.34. The van der Waals surface area contributed by atoms with E-state index in [0.717, 1.165) is 74.9 Å². The fourth-order valence-electron chi connectivity index (χ4n) is 5.35. The maximum absolute atomic E-state index is 13.1. The Morgan fingerprint density at radius 3 is 2.36 bits per heavy atom. The molecule has 0 aromatic carbocycles. The van der Waals surface area contributed by atoms with Gasteiger partial charge in [0.15, 0.2) is 0 Å². The number of hydrogen-bond donors (Lipinski definition) is 0. The number of likely N-dealkylation sites (tertiary alicyclic amines) is 2. The van der Waals surface area contributed by atoms with Gasteiger partial charge in [-0.05, 0) is 70.9 Å². The van der Waals surface area contributed by atoms with Crippen molar-refractivity contribution < 1.29 is 4.79 Å². The number of rotatable bonds is 4. The molecule has 1 aliphatic carbocycles. The highest BCUT2D eigenvalue weighted by molar-refractivity contribution is 5.95. The van der Waals surface area contributed by atoms with Crippen molar-refractivity contribution in [2.75, 3.05) is 32.7 Å². The van der Waals surface area contributed by atoms with Crippen LogP contribution >= 0.6 is 0 Å². The van der Waals surface area contributed by atoms with Gasteiger partial charge in [-0.3, -0.25) is 4.79 Å². The molecule has 3 fully saturated rings. The number of carbonyl (C=O) groups excluding carboxylic acids is 1. The second-order valence-corrected chi connectivity index (χ2v) is 9.15. The fourth-order valence-corrected chi connectivity index (χ4v) is 5.35. The number of aryl methyl sites for hydroxylation is 1. The summed E-state index contributed by atoms with van der Waals surface area (Å²) in [6.45, 7) is 7.26. The molecule has 5 heteroatoms. The van der Waals surface area contributed by atoms with Crippen LogP contribution < -0.4 is 0 Å². The average Bonchev–Trinajstić information content (AvgIpc) is 2.75. The first-order valence-electron chi connectivity index (χ1n) is 11.6. The van der Waals surface area contributed by atoms with Gasteiger partial charge in [0.2, 0.25) is 0 Å². The Kier molecular flexibility index (Phi) is 6.61. The molecule has 154 valence electrons. The molecule has 2 aliphatic heterocycles. The van der Waals surface area contributed by atoms with E-state index >= 15 is 0 Å². The van der Waals surface area contributed by atoms with Crippen LogP contribution in [0.1, 0.15) is 92.0 Å². The van der Waals surface area contributed by atoms with Gasteiger partial charge in [-0.2, -0.15) is 0 Å². The second-order valence-electron chi connectivity index (χ2n) is 9.15. The van der Waals surface area contributed by atoms with Crippen LogP contribution in [-0.4, -0.2) is 58.4 Å². The fraction of sp³-hybridized carbons (Fsp3) is 0.783. The smallest absolute Gasteiger partial charge is 0.257 e. The summed E-state index contributed by atoms with van der Waals surface area (Å²) < 4.78 is 0. The molecule has 3 heterocycles. The first-order valence-corrected chi connectivity index (χ1v) is 11.6. The molecule has 0 N–H and O–H groups in total. The van der Waals surface area contributed by atoms with E-state index < -0.39 is 0 Å². The van der Waals surface area contributed by atoms with Crippen molar-refractivity contribution in [3.8, 4) is 0 Å². The number of aromatic nitrogens is 2. The van der Waals surface area contributed by atoms with Gasteiger partial charge in [-0.15, -0.1) is 0 Å². The standard InChI is InChI=1S/C23H36N4O/c1-18-24-16-21(23(28)27-12-6-3-7-13-27)22(25-18)20-10-14-26(15-11-20)17-19-8-4-2-5-9-19/h16,19-20H,2-15,17H2,1H3. The number of hydrogen-bond acceptors (Lipinski definition) is 4. The van der Waals surface area contributed by atoms with Crippen molar-refractivity contribution >= 4 is 5.91 Å². The van der Waals surface area contributed by atoms with Crippen molar-refractivity contribution in [1.82, 2.24) is 19.8 Å². The van der Waals surface area contributed by atoms with Gasteiger partial charge in [0.1, 0.15) is 5.82 Å². The third-order valence-electron chi connectivity index (χ3n) is 7.03. The average molecular weight is 385 g/mol. The molecular weight excluding hydrogens is 348 g/mol. The lowest BCUT2D eigenvalue weighted by Crippen LogP contribution is -2.39. The van der Waals surface area contributed by atoms with Gasteiger partial charge >= 0.3 is 0 Å². The molecule has 0 unspecified atom stereocenters. The Balaban J connectivity index is 1.41. The van der Waals surface area contributed by atoms with Crippen molar-refractivity contribution in [3.05, 3.63) is 23.3 Å². The summed E-state index contributed by atoms with van der Waals surface area (Å²) in [5.41, 5.74) is 1.78. The zero-order valence-corrected chi connectivity index (χ0v) is 17.5. The Morgan fingerprint density at radius 2 is 1.64 bits per heavy atom. The van der Waals surface area contributed by atoms with Crippen molar-refractivity contribution in [2.45, 2.75) is 77.0 Å². The third-order valence-corrected chi connectivity index (χ3v) is 7.03. The van der Waals surface area contributed by atoms with E-state index in [1.165, 1.54) is 45.1 Å². The van der Waals surface area contributed by atoms with Crippen LogP contribution in [0.2, 0.25) is 0 Å². The number of carbonyl (C=O) groups is 1. The molecular formula is C23H36N4O. The van der Waals surface area contributed by atoms with Gasteiger partial charge in [-0.1, -0.05) is 19.3 Å². The molecule has 0 radical (unpaired) electrons. The molecule has 1 aromatic heterocycles. The van der Waals surface area contributed by atoms with Crippen LogP contribution in [-0.2, 0) is 0 Å². The minimum absolute atomic E-state index is 0.152. The first kappa shape index (κ1) is 19.8. The molecule has 1 saturated carbocycles. The quantitative estimate of drug-likeness (QED) is 0.782. The first-order chi connectivity index (χ1) is 13.7. The lowest BCUT2D eigenvalue weighted by atomic mass is 9.86. The molecule has 3 aliphatic rings. The van der Waals surface area contributed by atoms with Crippen molar-refractivity contribution in [1.29, 1.82) is 0 Å². The summed E-state index contributed by atoms with van der Waals surface area (Å²) in [4.78, 5) is 27.0. The predicted octanol–water partition coefficient (Wildman–Crippen LogP) is 4.17. The third kappa shape index (κ3) is 4.73. The summed E-state index contributed by atoms with van der Waals surface area (Å²) in [6.07, 6.45) is 14.6. The van der Waals surface area contributed by atoms with Crippen LogP contribution in [0.3, 0.4) is 0 Å². The Bertz CT molecular complexity index is 657. The van der Waals surface area contributed by atoms with Crippen LogP contribution in [0.25, 0.3) is 0 Å².